The molecule has 1 N–H and O–H groups in total. The van der Waals surface area contributed by atoms with Crippen molar-refractivity contribution < 1.29 is 4.79 Å². The fourth-order valence-corrected chi connectivity index (χ4v) is 3.82. The van der Waals surface area contributed by atoms with E-state index in [-0.39, 0.29) is 5.91 Å². The molecule has 0 bridgehead atoms. The smallest absolute Gasteiger partial charge is 0.227 e. The van der Waals surface area contributed by atoms with Crippen LogP contribution in [0.15, 0.2) is 24.3 Å². The lowest BCUT2D eigenvalue weighted by molar-refractivity contribution is -0.117. The Balaban J connectivity index is 1.68. The highest BCUT2D eigenvalue weighted by Gasteiger charge is 2.27. The summed E-state index contributed by atoms with van der Waals surface area (Å²) < 4.78 is 0. The lowest BCUT2D eigenvalue weighted by Gasteiger charge is -2.36. The van der Waals surface area contributed by atoms with Crippen LogP contribution in [0.4, 0.5) is 11.4 Å². The molecule has 1 heterocycles. The molecule has 1 aromatic rings. The largest absolute Gasteiger partial charge is 0.382 e. The molecular formula is C18H26N2O. The van der Waals surface area contributed by atoms with Gasteiger partial charge in [-0.25, -0.2) is 0 Å². The van der Waals surface area contributed by atoms with Crippen LogP contribution in [0.25, 0.3) is 0 Å². The number of carbonyl (C=O) groups excluding carboxylic acids is 1. The molecule has 3 heteroatoms. The molecule has 2 atom stereocenters. The van der Waals surface area contributed by atoms with E-state index >= 15 is 0 Å². The van der Waals surface area contributed by atoms with Gasteiger partial charge in [0.15, 0.2) is 0 Å². The van der Waals surface area contributed by atoms with Crippen LogP contribution in [0.2, 0.25) is 0 Å². The third-order valence-corrected chi connectivity index (χ3v) is 5.13. The summed E-state index contributed by atoms with van der Waals surface area (Å²) in [7, 11) is 0. The number of rotatable bonds is 3. The minimum Gasteiger partial charge on any atom is -0.382 e. The second-order valence-electron chi connectivity index (χ2n) is 6.75. The first kappa shape index (κ1) is 14.4. The Labute approximate surface area is 127 Å². The van der Waals surface area contributed by atoms with Gasteiger partial charge in [0.1, 0.15) is 0 Å². The Morgan fingerprint density at radius 2 is 1.71 bits per heavy atom. The Morgan fingerprint density at radius 3 is 2.29 bits per heavy atom. The van der Waals surface area contributed by atoms with Gasteiger partial charge in [-0.15, -0.1) is 0 Å². The van der Waals surface area contributed by atoms with Crippen molar-refractivity contribution in [2.75, 3.05) is 16.8 Å². The van der Waals surface area contributed by atoms with Gasteiger partial charge in [-0.05, 0) is 55.4 Å². The normalized spacial score (nSPS) is 29.7. The molecule has 3 nitrogen and oxygen atoms in total. The first-order valence-electron chi connectivity index (χ1n) is 8.32. The van der Waals surface area contributed by atoms with Crippen LogP contribution in [0, 0.1) is 11.8 Å². The molecular weight excluding hydrogens is 260 g/mol. The molecule has 1 saturated carbocycles. The summed E-state index contributed by atoms with van der Waals surface area (Å²) >= 11 is 0. The van der Waals surface area contributed by atoms with Crippen molar-refractivity contribution in [1.29, 1.82) is 0 Å². The Hall–Kier alpha value is -1.51. The lowest BCUT2D eigenvalue weighted by atomic mass is 9.78. The predicted molar refractivity (Wildman–Crippen MR) is 87.6 cm³/mol. The molecule has 2 aliphatic rings. The van der Waals surface area contributed by atoms with E-state index < -0.39 is 0 Å². The highest BCUT2D eigenvalue weighted by molar-refractivity contribution is 5.95. The minimum atomic E-state index is 0.255. The van der Waals surface area contributed by atoms with Crippen LogP contribution in [-0.4, -0.2) is 18.5 Å². The Morgan fingerprint density at radius 1 is 1.05 bits per heavy atom. The highest BCUT2D eigenvalue weighted by Crippen LogP contribution is 2.32. The number of nitrogens with one attached hydrogen (secondary N) is 1. The third-order valence-electron chi connectivity index (χ3n) is 5.13. The zero-order chi connectivity index (χ0) is 14.8. The van der Waals surface area contributed by atoms with Crippen molar-refractivity contribution in [3.8, 4) is 0 Å². The van der Waals surface area contributed by atoms with Crippen LogP contribution in [0.1, 0.15) is 46.0 Å². The monoisotopic (exact) mass is 286 g/mol. The van der Waals surface area contributed by atoms with E-state index in [0.29, 0.717) is 12.5 Å². The molecule has 3 rings (SSSR count). The number of hydrogen-bond acceptors (Lipinski definition) is 2. The number of carbonyl (C=O) groups is 1. The molecule has 114 valence electrons. The van der Waals surface area contributed by atoms with Crippen LogP contribution < -0.4 is 10.2 Å². The summed E-state index contributed by atoms with van der Waals surface area (Å²) in [6.45, 7) is 5.57. The second-order valence-corrected chi connectivity index (χ2v) is 6.75. The summed E-state index contributed by atoms with van der Waals surface area (Å²) in [5.74, 6) is 1.72. The zero-order valence-electron chi connectivity index (χ0n) is 13.1. The molecule has 1 aromatic carbocycles. The molecule has 2 unspecified atom stereocenters. The van der Waals surface area contributed by atoms with Crippen molar-refractivity contribution >= 4 is 17.3 Å². The van der Waals surface area contributed by atoms with Gasteiger partial charge in [0.2, 0.25) is 5.91 Å². The zero-order valence-corrected chi connectivity index (χ0v) is 13.1. The molecule has 1 aliphatic carbocycles. The van der Waals surface area contributed by atoms with Gasteiger partial charge >= 0.3 is 0 Å². The highest BCUT2D eigenvalue weighted by atomic mass is 16.2. The van der Waals surface area contributed by atoms with Crippen molar-refractivity contribution in [2.24, 2.45) is 11.8 Å². The van der Waals surface area contributed by atoms with E-state index in [0.717, 1.165) is 30.5 Å². The number of nitrogens with zero attached hydrogens (tertiary/aromatic N) is 1. The van der Waals surface area contributed by atoms with Crippen molar-refractivity contribution in [3.05, 3.63) is 24.3 Å². The minimum absolute atomic E-state index is 0.255. The summed E-state index contributed by atoms with van der Waals surface area (Å²) in [5.41, 5.74) is 2.21. The molecule has 1 amide bonds. The van der Waals surface area contributed by atoms with Crippen molar-refractivity contribution in [1.82, 2.24) is 0 Å². The topological polar surface area (TPSA) is 32.3 Å². The van der Waals surface area contributed by atoms with Gasteiger partial charge in [-0.2, -0.15) is 0 Å². The predicted octanol–water partition coefficient (Wildman–Crippen LogP) is 4.05. The molecule has 0 radical (unpaired) electrons. The van der Waals surface area contributed by atoms with E-state index in [4.69, 9.17) is 0 Å². The van der Waals surface area contributed by atoms with Crippen LogP contribution >= 0.6 is 0 Å². The first-order chi connectivity index (χ1) is 10.1. The van der Waals surface area contributed by atoms with Gasteiger partial charge in [0.25, 0.3) is 0 Å². The summed E-state index contributed by atoms with van der Waals surface area (Å²) in [5, 5.41) is 3.71. The second kappa shape index (κ2) is 6.08. The van der Waals surface area contributed by atoms with Crippen LogP contribution in [0.5, 0.6) is 0 Å². The van der Waals surface area contributed by atoms with Gasteiger partial charge in [-0.1, -0.05) is 20.3 Å². The maximum atomic E-state index is 11.8. The number of amides is 1. The molecule has 1 saturated heterocycles. The maximum Gasteiger partial charge on any atom is 0.227 e. The fourth-order valence-electron chi connectivity index (χ4n) is 3.82. The molecule has 0 spiro atoms. The van der Waals surface area contributed by atoms with Gasteiger partial charge in [-0.3, -0.25) is 4.79 Å². The summed E-state index contributed by atoms with van der Waals surface area (Å²) in [4.78, 5) is 13.7. The van der Waals surface area contributed by atoms with Gasteiger partial charge in [0.05, 0.1) is 0 Å². The van der Waals surface area contributed by atoms with Gasteiger partial charge < -0.3 is 10.2 Å². The number of anilines is 2. The number of benzene rings is 1. The van der Waals surface area contributed by atoms with Crippen LogP contribution in [0.3, 0.4) is 0 Å². The SMILES string of the molecule is CC1CCCC(C)C1Nc1ccc(N2CCCC2=O)cc1. The average molecular weight is 286 g/mol. The summed E-state index contributed by atoms with van der Waals surface area (Å²) in [6, 6.07) is 8.95. The van der Waals surface area contributed by atoms with E-state index in [1.165, 1.54) is 24.9 Å². The quantitative estimate of drug-likeness (QED) is 0.909. The molecule has 1 aliphatic heterocycles. The van der Waals surface area contributed by atoms with Gasteiger partial charge in [0, 0.05) is 30.4 Å². The lowest BCUT2D eigenvalue weighted by Crippen LogP contribution is -2.37. The third kappa shape index (κ3) is 3.07. The van der Waals surface area contributed by atoms with E-state index in [1.807, 2.05) is 4.90 Å². The first-order valence-corrected chi connectivity index (χ1v) is 8.32. The number of hydrogen-bond donors (Lipinski definition) is 1. The molecule has 21 heavy (non-hydrogen) atoms. The van der Waals surface area contributed by atoms with Crippen molar-refractivity contribution in [3.63, 3.8) is 0 Å². The molecule has 2 fully saturated rings. The Bertz CT molecular complexity index is 486. The van der Waals surface area contributed by atoms with Crippen LogP contribution in [-0.2, 0) is 4.79 Å². The summed E-state index contributed by atoms with van der Waals surface area (Å²) in [6.07, 6.45) is 5.67. The fraction of sp³-hybridized carbons (Fsp3) is 0.611. The van der Waals surface area contributed by atoms with E-state index in [9.17, 15) is 4.79 Å². The van der Waals surface area contributed by atoms with E-state index in [1.54, 1.807) is 0 Å². The molecule has 0 aromatic heterocycles. The average Bonchev–Trinajstić information content (AvgIpc) is 2.90. The van der Waals surface area contributed by atoms with Crippen molar-refractivity contribution in [2.45, 2.75) is 52.0 Å². The van der Waals surface area contributed by atoms with E-state index in [2.05, 4.69) is 43.4 Å². The standard InChI is InChI=1S/C18H26N2O/c1-13-5-3-6-14(2)18(13)19-15-8-10-16(11-9-15)20-12-4-7-17(20)21/h8-11,13-14,18-19H,3-7,12H2,1-2H3. The maximum absolute atomic E-state index is 11.8. The Kier molecular flexibility index (Phi) is 4.18.